The summed E-state index contributed by atoms with van der Waals surface area (Å²) < 4.78 is 0. The highest BCUT2D eigenvalue weighted by molar-refractivity contribution is 7.99. The molecule has 1 saturated heterocycles. The van der Waals surface area contributed by atoms with Gasteiger partial charge in [-0.05, 0) is 29.3 Å². The minimum absolute atomic E-state index is 0.0974. The van der Waals surface area contributed by atoms with Gasteiger partial charge in [-0.2, -0.15) is 0 Å². The van der Waals surface area contributed by atoms with Crippen molar-refractivity contribution in [3.05, 3.63) is 68.7 Å². The molecule has 0 bridgehead atoms. The van der Waals surface area contributed by atoms with Crippen molar-refractivity contribution in [3.8, 4) is 0 Å². The number of carbonyl (C=O) groups is 1. The first-order valence-electron chi connectivity index (χ1n) is 7.26. The van der Waals surface area contributed by atoms with E-state index in [0.29, 0.717) is 27.4 Å². The smallest absolute Gasteiger partial charge is 0.321 e. The molecule has 126 valence electrons. The van der Waals surface area contributed by atoms with Crippen LogP contribution >= 0.6 is 46.6 Å². The molecule has 3 rings (SSSR count). The molecule has 2 aromatic carbocycles. The van der Waals surface area contributed by atoms with Gasteiger partial charge in [0.1, 0.15) is 6.04 Å². The van der Waals surface area contributed by atoms with E-state index in [4.69, 9.17) is 34.8 Å². The average molecular weight is 403 g/mol. The van der Waals surface area contributed by atoms with Gasteiger partial charge in [-0.15, -0.1) is 11.8 Å². The zero-order valence-electron chi connectivity index (χ0n) is 12.5. The van der Waals surface area contributed by atoms with Crippen LogP contribution in [0.2, 0.25) is 15.1 Å². The lowest BCUT2D eigenvalue weighted by molar-refractivity contribution is -0.142. The van der Waals surface area contributed by atoms with Crippen molar-refractivity contribution in [3.63, 3.8) is 0 Å². The van der Waals surface area contributed by atoms with Crippen LogP contribution < -0.4 is 0 Å². The van der Waals surface area contributed by atoms with Crippen LogP contribution in [0.1, 0.15) is 16.5 Å². The zero-order chi connectivity index (χ0) is 17.3. The summed E-state index contributed by atoms with van der Waals surface area (Å²) in [6.07, 6.45) is 0. The molecule has 2 unspecified atom stereocenters. The van der Waals surface area contributed by atoms with Gasteiger partial charge in [0.2, 0.25) is 0 Å². The number of carboxylic acid groups (broad SMARTS) is 1. The van der Waals surface area contributed by atoms with Crippen molar-refractivity contribution in [1.29, 1.82) is 0 Å². The highest BCUT2D eigenvalue weighted by Crippen LogP contribution is 2.43. The van der Waals surface area contributed by atoms with Gasteiger partial charge in [0.05, 0.1) is 15.4 Å². The van der Waals surface area contributed by atoms with Crippen LogP contribution in [-0.2, 0) is 11.3 Å². The van der Waals surface area contributed by atoms with Gasteiger partial charge in [-0.3, -0.25) is 9.69 Å². The van der Waals surface area contributed by atoms with Gasteiger partial charge in [-0.1, -0.05) is 59.1 Å². The quantitative estimate of drug-likeness (QED) is 0.748. The molecule has 1 aliphatic rings. The van der Waals surface area contributed by atoms with Crippen LogP contribution in [-0.4, -0.2) is 27.8 Å². The summed E-state index contributed by atoms with van der Waals surface area (Å²) in [6, 6.07) is 12.3. The monoisotopic (exact) mass is 401 g/mol. The molecule has 2 aromatic rings. The molecular weight excluding hydrogens is 389 g/mol. The van der Waals surface area contributed by atoms with Crippen molar-refractivity contribution in [2.75, 3.05) is 5.75 Å². The van der Waals surface area contributed by atoms with Crippen LogP contribution in [0.5, 0.6) is 0 Å². The van der Waals surface area contributed by atoms with E-state index in [2.05, 4.69) is 0 Å². The summed E-state index contributed by atoms with van der Waals surface area (Å²) >= 11 is 20.0. The SMILES string of the molecule is O=C(O)C1CSC(c2cccc(Cl)c2)N1Cc1cccc(Cl)c1Cl. The molecule has 7 heteroatoms. The highest BCUT2D eigenvalue weighted by Gasteiger charge is 2.39. The van der Waals surface area contributed by atoms with Gasteiger partial charge in [0.15, 0.2) is 0 Å². The molecular formula is C17H14Cl3NO2S. The Morgan fingerprint density at radius 2 is 1.96 bits per heavy atom. The number of thioether (sulfide) groups is 1. The Labute approximate surface area is 159 Å². The van der Waals surface area contributed by atoms with Gasteiger partial charge in [0.25, 0.3) is 0 Å². The van der Waals surface area contributed by atoms with Gasteiger partial charge in [0, 0.05) is 17.3 Å². The second-order valence-electron chi connectivity index (χ2n) is 5.48. The third kappa shape index (κ3) is 3.68. The lowest BCUT2D eigenvalue weighted by atomic mass is 10.1. The lowest BCUT2D eigenvalue weighted by Crippen LogP contribution is -2.38. The van der Waals surface area contributed by atoms with E-state index < -0.39 is 12.0 Å². The van der Waals surface area contributed by atoms with E-state index in [1.807, 2.05) is 35.2 Å². The van der Waals surface area contributed by atoms with E-state index in [1.165, 1.54) is 0 Å². The molecule has 24 heavy (non-hydrogen) atoms. The fourth-order valence-corrected chi connectivity index (χ4v) is 4.79. The van der Waals surface area contributed by atoms with Crippen molar-refractivity contribution in [2.45, 2.75) is 18.0 Å². The number of aliphatic carboxylic acids is 1. The van der Waals surface area contributed by atoms with E-state index in [-0.39, 0.29) is 5.37 Å². The third-order valence-electron chi connectivity index (χ3n) is 3.92. The fourth-order valence-electron chi connectivity index (χ4n) is 2.76. The number of hydrogen-bond donors (Lipinski definition) is 1. The van der Waals surface area contributed by atoms with E-state index in [1.54, 1.807) is 23.9 Å². The molecule has 0 amide bonds. The maximum absolute atomic E-state index is 11.7. The molecule has 2 atom stereocenters. The van der Waals surface area contributed by atoms with Crippen LogP contribution in [0.3, 0.4) is 0 Å². The second-order valence-corrected chi connectivity index (χ2v) is 7.81. The Morgan fingerprint density at radius 1 is 1.21 bits per heavy atom. The second kappa shape index (κ2) is 7.54. The summed E-state index contributed by atoms with van der Waals surface area (Å²) in [6.45, 7) is 0.403. The first-order chi connectivity index (χ1) is 11.5. The van der Waals surface area contributed by atoms with E-state index >= 15 is 0 Å². The number of benzene rings is 2. The normalized spacial score (nSPS) is 21.1. The molecule has 0 aliphatic carbocycles. The number of hydrogen-bond acceptors (Lipinski definition) is 3. The molecule has 0 radical (unpaired) electrons. The minimum Gasteiger partial charge on any atom is -0.480 e. The Balaban J connectivity index is 1.95. The van der Waals surface area contributed by atoms with Crippen molar-refractivity contribution < 1.29 is 9.90 Å². The molecule has 3 nitrogen and oxygen atoms in total. The molecule has 1 fully saturated rings. The van der Waals surface area contributed by atoms with Crippen LogP contribution in [0.4, 0.5) is 0 Å². The molecule has 0 saturated carbocycles. The Kier molecular flexibility index (Phi) is 5.63. The van der Waals surface area contributed by atoms with Crippen molar-refractivity contribution >= 4 is 52.5 Å². The molecule has 1 N–H and O–H groups in total. The van der Waals surface area contributed by atoms with Crippen LogP contribution in [0.25, 0.3) is 0 Å². The van der Waals surface area contributed by atoms with Crippen molar-refractivity contribution in [1.82, 2.24) is 4.90 Å². The first kappa shape index (κ1) is 17.9. The predicted molar refractivity (Wildman–Crippen MR) is 100 cm³/mol. The van der Waals surface area contributed by atoms with Gasteiger partial charge >= 0.3 is 5.97 Å². The Hall–Kier alpha value is -0.910. The standard InChI is InChI=1S/C17H14Cl3NO2S/c18-12-5-1-3-10(7-12)16-21(14(9-24-16)17(22)23)8-11-4-2-6-13(19)15(11)20/h1-7,14,16H,8-9H2,(H,22,23). The molecule has 1 aliphatic heterocycles. The molecule has 0 spiro atoms. The maximum atomic E-state index is 11.7. The summed E-state index contributed by atoms with van der Waals surface area (Å²) in [5, 5.41) is 11.0. The lowest BCUT2D eigenvalue weighted by Gasteiger charge is -2.28. The Bertz CT molecular complexity index is 771. The topological polar surface area (TPSA) is 40.5 Å². The largest absolute Gasteiger partial charge is 0.480 e. The number of rotatable bonds is 4. The number of halogens is 3. The van der Waals surface area contributed by atoms with Gasteiger partial charge < -0.3 is 5.11 Å². The zero-order valence-corrected chi connectivity index (χ0v) is 15.5. The van der Waals surface area contributed by atoms with Crippen molar-refractivity contribution in [2.24, 2.45) is 0 Å². The molecule has 0 aromatic heterocycles. The van der Waals surface area contributed by atoms with E-state index in [9.17, 15) is 9.90 Å². The van der Waals surface area contributed by atoms with Gasteiger partial charge in [-0.25, -0.2) is 0 Å². The summed E-state index contributed by atoms with van der Waals surface area (Å²) in [5.41, 5.74) is 1.79. The summed E-state index contributed by atoms with van der Waals surface area (Å²) in [4.78, 5) is 13.6. The first-order valence-corrected chi connectivity index (χ1v) is 9.44. The Morgan fingerprint density at radius 3 is 2.67 bits per heavy atom. The number of carboxylic acids is 1. The van der Waals surface area contributed by atoms with Crippen LogP contribution in [0.15, 0.2) is 42.5 Å². The maximum Gasteiger partial charge on any atom is 0.321 e. The predicted octanol–water partition coefficient (Wildman–Crippen LogP) is 5.35. The number of nitrogens with zero attached hydrogens (tertiary/aromatic N) is 1. The van der Waals surface area contributed by atoms with Crippen LogP contribution in [0, 0.1) is 0 Å². The fraction of sp³-hybridized carbons (Fsp3) is 0.235. The van der Waals surface area contributed by atoms with E-state index in [0.717, 1.165) is 11.1 Å². The summed E-state index contributed by atoms with van der Waals surface area (Å²) in [5.74, 6) is -0.338. The summed E-state index contributed by atoms with van der Waals surface area (Å²) in [7, 11) is 0. The third-order valence-corrected chi connectivity index (χ3v) is 6.38. The molecule has 1 heterocycles. The minimum atomic E-state index is -0.842. The highest BCUT2D eigenvalue weighted by atomic mass is 35.5. The average Bonchev–Trinajstić information content (AvgIpc) is 2.96.